The zero-order chi connectivity index (χ0) is 8.97. The fourth-order valence-electron chi connectivity index (χ4n) is 1.06. The van der Waals surface area contributed by atoms with E-state index in [1.54, 1.807) is 12.4 Å². The van der Waals surface area contributed by atoms with Crippen molar-refractivity contribution in [3.63, 3.8) is 0 Å². The van der Waals surface area contributed by atoms with Crippen molar-refractivity contribution >= 4 is 15.9 Å². The molecule has 0 spiro atoms. The Morgan fingerprint density at radius 2 is 2.42 bits per heavy atom. The molecule has 0 radical (unpaired) electrons. The predicted octanol–water partition coefficient (Wildman–Crippen LogP) is 2.94. The largest absolute Gasteiger partial charge is 0.374 e. The Balaban J connectivity index is 2.79. The minimum absolute atomic E-state index is 0.132. The molecule has 1 aromatic rings. The van der Waals surface area contributed by atoms with E-state index in [2.05, 4.69) is 20.9 Å². The summed E-state index contributed by atoms with van der Waals surface area (Å²) in [7, 11) is 0. The Kier molecular flexibility index (Phi) is 3.69. The molecular weight excluding hydrogens is 218 g/mol. The van der Waals surface area contributed by atoms with Crippen LogP contribution in [0.25, 0.3) is 0 Å². The van der Waals surface area contributed by atoms with Crippen molar-refractivity contribution in [1.29, 1.82) is 0 Å². The smallest absolute Gasteiger partial charge is 0.0808 e. The summed E-state index contributed by atoms with van der Waals surface area (Å²) in [5.41, 5.74) is 1.15. The van der Waals surface area contributed by atoms with Crippen LogP contribution in [0.2, 0.25) is 0 Å². The third kappa shape index (κ3) is 2.29. The number of nitrogens with zero attached hydrogens (tertiary/aromatic N) is 1. The van der Waals surface area contributed by atoms with Crippen molar-refractivity contribution in [2.45, 2.75) is 20.0 Å². The minimum atomic E-state index is 0.132. The lowest BCUT2D eigenvalue weighted by Gasteiger charge is -2.12. The van der Waals surface area contributed by atoms with E-state index < -0.39 is 0 Å². The highest BCUT2D eigenvalue weighted by Crippen LogP contribution is 2.23. The maximum atomic E-state index is 5.45. The average molecular weight is 230 g/mol. The van der Waals surface area contributed by atoms with Gasteiger partial charge in [0.1, 0.15) is 0 Å². The van der Waals surface area contributed by atoms with Gasteiger partial charge in [0.05, 0.1) is 6.10 Å². The Morgan fingerprint density at radius 1 is 1.67 bits per heavy atom. The Bertz CT molecular complexity index is 252. The average Bonchev–Trinajstić information content (AvgIpc) is 2.05. The van der Waals surface area contributed by atoms with Gasteiger partial charge in [0, 0.05) is 23.5 Å². The normalized spacial score (nSPS) is 12.9. The summed E-state index contributed by atoms with van der Waals surface area (Å²) < 4.78 is 6.46. The molecule has 0 amide bonds. The van der Waals surface area contributed by atoms with Crippen LogP contribution in [0.4, 0.5) is 0 Å². The minimum Gasteiger partial charge on any atom is -0.374 e. The van der Waals surface area contributed by atoms with Crippen molar-refractivity contribution < 1.29 is 4.74 Å². The Morgan fingerprint density at radius 3 is 3.00 bits per heavy atom. The molecule has 1 unspecified atom stereocenters. The summed E-state index contributed by atoms with van der Waals surface area (Å²) in [4.78, 5) is 3.99. The maximum absolute atomic E-state index is 5.45. The van der Waals surface area contributed by atoms with Crippen LogP contribution in [0, 0.1) is 0 Å². The molecule has 3 heteroatoms. The quantitative estimate of drug-likeness (QED) is 0.796. The van der Waals surface area contributed by atoms with Crippen LogP contribution in [0.1, 0.15) is 25.5 Å². The number of rotatable bonds is 3. The van der Waals surface area contributed by atoms with E-state index in [1.807, 2.05) is 19.9 Å². The molecule has 1 rings (SSSR count). The van der Waals surface area contributed by atoms with E-state index in [4.69, 9.17) is 4.74 Å². The molecule has 1 atom stereocenters. The molecule has 1 aromatic heterocycles. The maximum Gasteiger partial charge on any atom is 0.0808 e. The number of aromatic nitrogens is 1. The lowest BCUT2D eigenvalue weighted by molar-refractivity contribution is 0.0758. The second-order valence-electron chi connectivity index (χ2n) is 2.49. The van der Waals surface area contributed by atoms with Crippen LogP contribution < -0.4 is 0 Å². The van der Waals surface area contributed by atoms with Crippen LogP contribution in [-0.4, -0.2) is 11.6 Å². The van der Waals surface area contributed by atoms with E-state index in [0.29, 0.717) is 0 Å². The number of halogens is 1. The van der Waals surface area contributed by atoms with Crippen molar-refractivity contribution in [2.75, 3.05) is 6.61 Å². The summed E-state index contributed by atoms with van der Waals surface area (Å²) in [6, 6.07) is 1.96. The van der Waals surface area contributed by atoms with Crippen LogP contribution in [0.5, 0.6) is 0 Å². The highest BCUT2D eigenvalue weighted by molar-refractivity contribution is 9.10. The van der Waals surface area contributed by atoms with Gasteiger partial charge < -0.3 is 4.74 Å². The Hall–Kier alpha value is -0.410. The van der Waals surface area contributed by atoms with E-state index in [9.17, 15) is 0 Å². The summed E-state index contributed by atoms with van der Waals surface area (Å²) in [5, 5.41) is 0. The number of hydrogen-bond donors (Lipinski definition) is 0. The van der Waals surface area contributed by atoms with Crippen LogP contribution in [0.15, 0.2) is 22.9 Å². The first-order valence-electron chi connectivity index (χ1n) is 3.96. The molecular formula is C9H12BrNO. The molecule has 0 aliphatic heterocycles. The van der Waals surface area contributed by atoms with Gasteiger partial charge in [0.25, 0.3) is 0 Å². The summed E-state index contributed by atoms with van der Waals surface area (Å²) >= 11 is 3.42. The molecule has 0 aliphatic carbocycles. The third-order valence-corrected chi connectivity index (χ3v) is 2.32. The second-order valence-corrected chi connectivity index (χ2v) is 3.35. The third-order valence-electron chi connectivity index (χ3n) is 1.66. The van der Waals surface area contributed by atoms with Crippen molar-refractivity contribution in [3.8, 4) is 0 Å². The second kappa shape index (κ2) is 4.58. The van der Waals surface area contributed by atoms with Crippen molar-refractivity contribution in [1.82, 2.24) is 4.98 Å². The van der Waals surface area contributed by atoms with Crippen LogP contribution >= 0.6 is 15.9 Å². The first-order valence-corrected chi connectivity index (χ1v) is 4.76. The SMILES string of the molecule is CCOC(C)c1ccncc1Br. The summed E-state index contributed by atoms with van der Waals surface area (Å²) in [6.45, 7) is 4.76. The van der Waals surface area contributed by atoms with Crippen LogP contribution in [0.3, 0.4) is 0 Å². The van der Waals surface area contributed by atoms with Gasteiger partial charge in [-0.05, 0) is 41.4 Å². The number of pyridine rings is 1. The molecule has 0 fully saturated rings. The van der Waals surface area contributed by atoms with Crippen molar-refractivity contribution in [2.24, 2.45) is 0 Å². The van der Waals surface area contributed by atoms with Crippen LogP contribution in [-0.2, 0) is 4.74 Å². The topological polar surface area (TPSA) is 22.1 Å². The molecule has 0 aromatic carbocycles. The summed E-state index contributed by atoms with van der Waals surface area (Å²) in [5.74, 6) is 0. The van der Waals surface area contributed by atoms with Gasteiger partial charge in [-0.1, -0.05) is 0 Å². The van der Waals surface area contributed by atoms with E-state index in [-0.39, 0.29) is 6.10 Å². The van der Waals surface area contributed by atoms with Gasteiger partial charge in [-0.3, -0.25) is 4.98 Å². The number of ether oxygens (including phenoxy) is 1. The van der Waals surface area contributed by atoms with Gasteiger partial charge in [0.15, 0.2) is 0 Å². The molecule has 0 N–H and O–H groups in total. The molecule has 0 aliphatic rings. The first kappa shape index (κ1) is 9.68. The summed E-state index contributed by atoms with van der Waals surface area (Å²) in [6.07, 6.45) is 3.69. The standard InChI is InChI=1S/C9H12BrNO/c1-3-12-7(2)8-4-5-11-6-9(8)10/h4-7H,3H2,1-2H3. The zero-order valence-electron chi connectivity index (χ0n) is 7.25. The van der Waals surface area contributed by atoms with Gasteiger partial charge in [-0.25, -0.2) is 0 Å². The fraction of sp³-hybridized carbons (Fsp3) is 0.444. The van der Waals surface area contributed by atoms with Gasteiger partial charge in [-0.2, -0.15) is 0 Å². The lowest BCUT2D eigenvalue weighted by Crippen LogP contribution is -2.00. The lowest BCUT2D eigenvalue weighted by atomic mass is 10.2. The van der Waals surface area contributed by atoms with Gasteiger partial charge in [-0.15, -0.1) is 0 Å². The monoisotopic (exact) mass is 229 g/mol. The molecule has 0 saturated heterocycles. The van der Waals surface area contributed by atoms with Crippen molar-refractivity contribution in [3.05, 3.63) is 28.5 Å². The van der Waals surface area contributed by atoms with Gasteiger partial charge >= 0.3 is 0 Å². The fourth-order valence-corrected chi connectivity index (χ4v) is 1.63. The molecule has 0 saturated carbocycles. The van der Waals surface area contributed by atoms with E-state index in [1.165, 1.54) is 0 Å². The molecule has 2 nitrogen and oxygen atoms in total. The predicted molar refractivity (Wildman–Crippen MR) is 52.0 cm³/mol. The van der Waals surface area contributed by atoms with E-state index >= 15 is 0 Å². The highest BCUT2D eigenvalue weighted by Gasteiger charge is 2.07. The zero-order valence-corrected chi connectivity index (χ0v) is 8.84. The molecule has 0 bridgehead atoms. The Labute approximate surface area is 81.1 Å². The first-order chi connectivity index (χ1) is 5.75. The van der Waals surface area contributed by atoms with E-state index in [0.717, 1.165) is 16.6 Å². The van der Waals surface area contributed by atoms with Gasteiger partial charge in [0.2, 0.25) is 0 Å². The molecule has 1 heterocycles. The highest BCUT2D eigenvalue weighted by atomic mass is 79.9. The molecule has 12 heavy (non-hydrogen) atoms. The molecule has 66 valence electrons. The number of hydrogen-bond acceptors (Lipinski definition) is 2.